The van der Waals surface area contributed by atoms with Crippen LogP contribution in [-0.2, 0) is 19.6 Å². The minimum absolute atomic E-state index is 0.293. The van der Waals surface area contributed by atoms with Gasteiger partial charge in [0.05, 0.1) is 22.5 Å². The second-order valence-corrected chi connectivity index (χ2v) is 11.2. The number of benzene rings is 1. The van der Waals surface area contributed by atoms with Crippen LogP contribution < -0.4 is 4.90 Å². The van der Waals surface area contributed by atoms with E-state index < -0.39 is 22.0 Å². The number of pyridine rings is 1. The fourth-order valence-electron chi connectivity index (χ4n) is 4.44. The Hall–Kier alpha value is -3.28. The Morgan fingerprint density at radius 1 is 0.972 bits per heavy atom. The molecule has 4 rings (SSSR count). The highest BCUT2D eigenvalue weighted by Gasteiger charge is 2.34. The van der Waals surface area contributed by atoms with E-state index in [1.165, 1.54) is 37.7 Å². The number of anilines is 1. The molecule has 36 heavy (non-hydrogen) atoms. The highest BCUT2D eigenvalue weighted by atomic mass is 32.2. The smallest absolute Gasteiger partial charge is 0.328 e. The van der Waals surface area contributed by atoms with Gasteiger partial charge in [-0.1, -0.05) is 12.1 Å². The average Bonchev–Trinajstić information content (AvgIpc) is 3.09. The van der Waals surface area contributed by atoms with E-state index >= 15 is 0 Å². The Kier molecular flexibility index (Phi) is 8.83. The molecule has 1 aromatic carbocycles. The van der Waals surface area contributed by atoms with Crippen molar-refractivity contribution in [2.75, 3.05) is 39.1 Å². The summed E-state index contributed by atoms with van der Waals surface area (Å²) in [6, 6.07) is 12.4. The molecule has 0 spiro atoms. The minimum atomic E-state index is -3.41. The summed E-state index contributed by atoms with van der Waals surface area (Å²) < 4.78 is 25.6. The van der Waals surface area contributed by atoms with Crippen LogP contribution in [0.25, 0.3) is 11.3 Å². The molecule has 3 heterocycles. The van der Waals surface area contributed by atoms with E-state index in [1.54, 1.807) is 12.1 Å². The minimum Gasteiger partial charge on any atom is -0.478 e. The quantitative estimate of drug-likeness (QED) is 0.556. The molecule has 0 aliphatic carbocycles. The van der Waals surface area contributed by atoms with E-state index in [0.29, 0.717) is 23.1 Å². The van der Waals surface area contributed by atoms with Crippen LogP contribution in [-0.4, -0.2) is 91.1 Å². The SMILES string of the molecule is CN1C2CCC1CN(c1ccc(-c3ccc(S(=O)(=O)N(C)C)cc3)nc1)CC2.O=C(O)/C=C/C(=O)O. The molecule has 2 aliphatic heterocycles. The number of carboxylic acid groups (broad SMARTS) is 2. The molecule has 2 aromatic rings. The van der Waals surface area contributed by atoms with Crippen LogP contribution in [0.15, 0.2) is 59.6 Å². The summed E-state index contributed by atoms with van der Waals surface area (Å²) in [5, 5.41) is 15.6. The van der Waals surface area contributed by atoms with Gasteiger partial charge in [-0.05, 0) is 50.6 Å². The Labute approximate surface area is 211 Å². The van der Waals surface area contributed by atoms with Gasteiger partial charge >= 0.3 is 11.9 Å². The van der Waals surface area contributed by atoms with Crippen molar-refractivity contribution in [3.8, 4) is 11.3 Å². The van der Waals surface area contributed by atoms with Crippen molar-refractivity contribution in [3.05, 3.63) is 54.7 Å². The van der Waals surface area contributed by atoms with Gasteiger partial charge in [0.2, 0.25) is 10.0 Å². The molecule has 2 atom stereocenters. The van der Waals surface area contributed by atoms with Gasteiger partial charge in [0, 0.05) is 57.0 Å². The average molecular weight is 517 g/mol. The number of carbonyl (C=O) groups is 2. The van der Waals surface area contributed by atoms with Crippen molar-refractivity contribution in [2.24, 2.45) is 0 Å². The van der Waals surface area contributed by atoms with Crippen LogP contribution >= 0.6 is 0 Å². The largest absolute Gasteiger partial charge is 0.478 e. The maximum atomic E-state index is 12.2. The third kappa shape index (κ3) is 6.68. The van der Waals surface area contributed by atoms with Gasteiger partial charge in [-0.3, -0.25) is 9.88 Å². The number of hydrogen-bond acceptors (Lipinski definition) is 7. The first kappa shape index (κ1) is 27.3. The van der Waals surface area contributed by atoms with Gasteiger partial charge in [0.25, 0.3) is 0 Å². The summed E-state index contributed by atoms with van der Waals surface area (Å²) in [5.41, 5.74) is 2.93. The molecule has 2 saturated heterocycles. The first-order chi connectivity index (χ1) is 17.0. The number of sulfonamides is 1. The summed E-state index contributed by atoms with van der Waals surface area (Å²) in [5.74, 6) is -2.51. The Morgan fingerprint density at radius 3 is 2.11 bits per heavy atom. The van der Waals surface area contributed by atoms with Crippen LogP contribution in [0.2, 0.25) is 0 Å². The third-order valence-corrected chi connectivity index (χ3v) is 8.39. The maximum absolute atomic E-state index is 12.2. The molecule has 0 saturated carbocycles. The summed E-state index contributed by atoms with van der Waals surface area (Å²) in [6.07, 6.45) is 6.87. The summed E-state index contributed by atoms with van der Waals surface area (Å²) in [6.45, 7) is 2.13. The number of fused-ring (bicyclic) bond motifs is 2. The second kappa shape index (κ2) is 11.6. The monoisotopic (exact) mass is 516 g/mol. The van der Waals surface area contributed by atoms with Gasteiger partial charge in [-0.2, -0.15) is 0 Å². The van der Waals surface area contributed by atoms with E-state index in [1.807, 2.05) is 24.4 Å². The van der Waals surface area contributed by atoms with Gasteiger partial charge in [0.15, 0.2) is 0 Å². The molecule has 2 aliphatic rings. The van der Waals surface area contributed by atoms with E-state index in [-0.39, 0.29) is 0 Å². The first-order valence-corrected chi connectivity index (χ1v) is 13.0. The number of aliphatic carboxylic acids is 2. The Balaban J connectivity index is 0.000000392. The predicted molar refractivity (Wildman–Crippen MR) is 136 cm³/mol. The summed E-state index contributed by atoms with van der Waals surface area (Å²) in [4.78, 5) is 29.0. The van der Waals surface area contributed by atoms with E-state index in [4.69, 9.17) is 10.2 Å². The molecule has 2 bridgehead atoms. The van der Waals surface area contributed by atoms with Crippen molar-refractivity contribution in [1.82, 2.24) is 14.2 Å². The fraction of sp³-hybridized carbons (Fsp3) is 0.400. The highest BCUT2D eigenvalue weighted by molar-refractivity contribution is 7.89. The van der Waals surface area contributed by atoms with E-state index in [0.717, 1.165) is 36.1 Å². The number of aromatic nitrogens is 1. The third-order valence-electron chi connectivity index (χ3n) is 6.56. The van der Waals surface area contributed by atoms with Crippen LogP contribution in [0, 0.1) is 0 Å². The predicted octanol–water partition coefficient (Wildman–Crippen LogP) is 2.38. The summed E-state index contributed by atoms with van der Waals surface area (Å²) >= 11 is 0. The van der Waals surface area contributed by atoms with E-state index in [2.05, 4.69) is 27.9 Å². The van der Waals surface area contributed by atoms with E-state index in [9.17, 15) is 18.0 Å². The lowest BCUT2D eigenvalue weighted by atomic mass is 10.1. The van der Waals surface area contributed by atoms with Crippen molar-refractivity contribution in [1.29, 1.82) is 0 Å². The van der Waals surface area contributed by atoms with Gasteiger partial charge in [-0.15, -0.1) is 0 Å². The lowest BCUT2D eigenvalue weighted by molar-refractivity contribution is -0.134. The number of likely N-dealkylation sites (N-methyl/N-ethyl adjacent to an activating group) is 1. The first-order valence-electron chi connectivity index (χ1n) is 11.6. The molecule has 2 unspecified atom stereocenters. The van der Waals surface area contributed by atoms with Crippen molar-refractivity contribution >= 4 is 27.6 Å². The molecule has 10 nitrogen and oxygen atoms in total. The Morgan fingerprint density at radius 2 is 1.58 bits per heavy atom. The topological polar surface area (TPSA) is 131 Å². The second-order valence-electron chi connectivity index (χ2n) is 9.01. The standard InChI is InChI=1S/C21H28N4O2S.C4H4O4/c1-23(2)28(26,27)20-9-4-16(5-10-20)21-11-8-18(14-22-21)25-13-12-17-6-7-19(15-25)24(17)3;5-3(6)1-2-4(7)8/h4-5,8-11,14,17,19H,6-7,12-13,15H2,1-3H3;1-2H,(H,5,6)(H,7,8)/b;2-1+. The number of nitrogens with zero attached hydrogens (tertiary/aromatic N) is 4. The fourth-order valence-corrected chi connectivity index (χ4v) is 5.34. The molecule has 194 valence electrons. The molecule has 2 N–H and O–H groups in total. The zero-order valence-corrected chi connectivity index (χ0v) is 21.4. The molecular weight excluding hydrogens is 484 g/mol. The van der Waals surface area contributed by atoms with Crippen molar-refractivity contribution in [2.45, 2.75) is 36.2 Å². The van der Waals surface area contributed by atoms with Gasteiger partial charge in [-0.25, -0.2) is 22.3 Å². The highest BCUT2D eigenvalue weighted by Crippen LogP contribution is 2.31. The van der Waals surface area contributed by atoms with Crippen molar-refractivity contribution < 1.29 is 28.2 Å². The molecule has 2 fully saturated rings. The molecule has 1 aromatic heterocycles. The van der Waals surface area contributed by atoms with Crippen LogP contribution in [0.1, 0.15) is 19.3 Å². The van der Waals surface area contributed by atoms with Crippen LogP contribution in [0.4, 0.5) is 5.69 Å². The van der Waals surface area contributed by atoms with Gasteiger partial charge in [0.1, 0.15) is 0 Å². The lowest BCUT2D eigenvalue weighted by Crippen LogP contribution is -2.36. The summed E-state index contributed by atoms with van der Waals surface area (Å²) in [7, 11) is 1.93. The number of carboxylic acids is 2. The molecule has 0 amide bonds. The molecule has 0 radical (unpaired) electrons. The lowest BCUT2D eigenvalue weighted by Gasteiger charge is -2.27. The normalized spacial score (nSPS) is 20.2. The zero-order chi connectivity index (χ0) is 26.5. The van der Waals surface area contributed by atoms with Gasteiger partial charge < -0.3 is 15.1 Å². The van der Waals surface area contributed by atoms with Crippen molar-refractivity contribution in [3.63, 3.8) is 0 Å². The molecule has 11 heteroatoms. The van der Waals surface area contributed by atoms with Crippen LogP contribution in [0.5, 0.6) is 0 Å². The zero-order valence-electron chi connectivity index (χ0n) is 20.6. The molecular formula is C25H32N4O6S. The maximum Gasteiger partial charge on any atom is 0.328 e. The Bertz CT molecular complexity index is 1180. The number of rotatable bonds is 6. The number of hydrogen-bond donors (Lipinski definition) is 2. The van der Waals surface area contributed by atoms with Crippen LogP contribution in [0.3, 0.4) is 0 Å².